The van der Waals surface area contributed by atoms with Crippen LogP contribution in [0.25, 0.3) is 16.0 Å². The summed E-state index contributed by atoms with van der Waals surface area (Å²) in [6, 6.07) is 0. The second kappa shape index (κ2) is 5.49. The maximum absolute atomic E-state index is 13.1. The highest BCUT2D eigenvalue weighted by Gasteiger charge is 2.23. The number of aryl methyl sites for hydroxylation is 2. The van der Waals surface area contributed by atoms with Gasteiger partial charge in [-0.1, -0.05) is 23.9 Å². The van der Waals surface area contributed by atoms with Crippen molar-refractivity contribution in [3.8, 4) is 0 Å². The quantitative estimate of drug-likeness (QED) is 0.539. The number of thiophene rings is 1. The molecular formula is C16H18N4OS2. The molecule has 0 amide bonds. The molecule has 5 nitrogen and oxygen atoms in total. The number of rotatable bonds is 3. The van der Waals surface area contributed by atoms with Gasteiger partial charge in [0.25, 0.3) is 5.56 Å². The normalized spacial score (nSPS) is 14.5. The Morgan fingerprint density at radius 1 is 1.39 bits per heavy atom. The molecule has 0 aromatic carbocycles. The number of fused-ring (bicyclic) bond motifs is 4. The molecule has 0 radical (unpaired) electrons. The maximum Gasteiger partial charge on any atom is 0.270 e. The Morgan fingerprint density at radius 2 is 2.17 bits per heavy atom. The van der Waals surface area contributed by atoms with Crippen molar-refractivity contribution in [3.05, 3.63) is 32.9 Å². The molecule has 0 N–H and O–H groups in total. The molecule has 3 heterocycles. The van der Waals surface area contributed by atoms with Crippen molar-refractivity contribution in [2.45, 2.75) is 44.3 Å². The molecule has 0 saturated carbocycles. The zero-order valence-electron chi connectivity index (χ0n) is 13.3. The molecule has 0 aliphatic heterocycles. The van der Waals surface area contributed by atoms with E-state index in [1.54, 1.807) is 20.4 Å². The molecule has 23 heavy (non-hydrogen) atoms. The average molecular weight is 346 g/mol. The Balaban J connectivity index is 2.09. The minimum absolute atomic E-state index is 0.0294. The third-order valence-corrected chi connectivity index (χ3v) is 6.02. The zero-order chi connectivity index (χ0) is 16.1. The first-order valence-corrected chi connectivity index (χ1v) is 9.76. The van der Waals surface area contributed by atoms with Gasteiger partial charge in [0.1, 0.15) is 4.83 Å². The van der Waals surface area contributed by atoms with Crippen LogP contribution >= 0.6 is 23.1 Å². The van der Waals surface area contributed by atoms with E-state index in [1.807, 2.05) is 13.2 Å². The number of nitrogens with zero attached hydrogens (tertiary/aromatic N) is 4. The molecule has 4 rings (SSSR count). The largest absolute Gasteiger partial charge is 0.270 e. The van der Waals surface area contributed by atoms with Gasteiger partial charge in [-0.2, -0.15) is 0 Å². The first kappa shape index (κ1) is 15.0. The Bertz CT molecular complexity index is 995. The topological polar surface area (TPSA) is 52.2 Å². The fourth-order valence-electron chi connectivity index (χ4n) is 3.23. The lowest BCUT2D eigenvalue weighted by Gasteiger charge is -2.09. The SMILES string of the molecule is C=C(C)Cn1nc(SC)n2c(=O)c3c4c(sc3nc12)CCCC4. The fourth-order valence-corrected chi connectivity index (χ4v) is 5.00. The molecular weight excluding hydrogens is 328 g/mol. The van der Waals surface area contributed by atoms with Crippen LogP contribution in [0, 0.1) is 0 Å². The molecule has 1 aliphatic carbocycles. The van der Waals surface area contributed by atoms with Gasteiger partial charge in [0.15, 0.2) is 5.16 Å². The summed E-state index contributed by atoms with van der Waals surface area (Å²) in [5.74, 6) is 0.619. The van der Waals surface area contributed by atoms with Crippen LogP contribution in [-0.4, -0.2) is 25.4 Å². The number of hydrogen-bond acceptors (Lipinski definition) is 5. The number of aromatic nitrogens is 4. The minimum Gasteiger partial charge on any atom is -0.268 e. The van der Waals surface area contributed by atoms with Gasteiger partial charge in [-0.15, -0.1) is 16.4 Å². The summed E-state index contributed by atoms with van der Waals surface area (Å²) in [5.41, 5.74) is 2.24. The Morgan fingerprint density at radius 3 is 2.91 bits per heavy atom. The van der Waals surface area contributed by atoms with Gasteiger partial charge in [-0.05, 0) is 44.4 Å². The van der Waals surface area contributed by atoms with E-state index in [1.165, 1.54) is 28.6 Å². The van der Waals surface area contributed by atoms with Crippen LogP contribution in [0.3, 0.4) is 0 Å². The highest BCUT2D eigenvalue weighted by atomic mass is 32.2. The molecule has 0 spiro atoms. The smallest absolute Gasteiger partial charge is 0.268 e. The lowest BCUT2D eigenvalue weighted by molar-refractivity contribution is 0.674. The lowest BCUT2D eigenvalue weighted by Crippen LogP contribution is -2.17. The van der Waals surface area contributed by atoms with Crippen molar-refractivity contribution in [1.82, 2.24) is 19.2 Å². The second-order valence-corrected chi connectivity index (χ2v) is 7.90. The second-order valence-electron chi connectivity index (χ2n) is 6.04. The van der Waals surface area contributed by atoms with Crippen LogP contribution in [-0.2, 0) is 19.4 Å². The van der Waals surface area contributed by atoms with Gasteiger partial charge in [0.2, 0.25) is 5.78 Å². The standard InChI is InChI=1S/C16H18N4OS2/c1-9(2)8-19-15-17-13-12(10-6-4-5-7-11(10)23-13)14(21)20(15)16(18-19)22-3/h1,4-8H2,2-3H3. The van der Waals surface area contributed by atoms with E-state index in [0.29, 0.717) is 17.5 Å². The van der Waals surface area contributed by atoms with E-state index < -0.39 is 0 Å². The van der Waals surface area contributed by atoms with Crippen LogP contribution in [0.4, 0.5) is 0 Å². The molecule has 0 fully saturated rings. The molecule has 0 bridgehead atoms. The summed E-state index contributed by atoms with van der Waals surface area (Å²) in [4.78, 5) is 20.1. The Kier molecular flexibility index (Phi) is 3.57. The van der Waals surface area contributed by atoms with Crippen molar-refractivity contribution in [1.29, 1.82) is 0 Å². The highest BCUT2D eigenvalue weighted by Crippen LogP contribution is 2.34. The molecule has 120 valence electrons. The third-order valence-electron chi connectivity index (χ3n) is 4.20. The van der Waals surface area contributed by atoms with E-state index in [0.717, 1.165) is 35.1 Å². The highest BCUT2D eigenvalue weighted by molar-refractivity contribution is 7.98. The van der Waals surface area contributed by atoms with Crippen molar-refractivity contribution in [2.24, 2.45) is 0 Å². The van der Waals surface area contributed by atoms with Crippen molar-refractivity contribution in [2.75, 3.05) is 6.26 Å². The van der Waals surface area contributed by atoms with Gasteiger partial charge in [-0.3, -0.25) is 4.79 Å². The van der Waals surface area contributed by atoms with Crippen LogP contribution in [0.15, 0.2) is 22.1 Å². The maximum atomic E-state index is 13.1. The van der Waals surface area contributed by atoms with Crippen molar-refractivity contribution in [3.63, 3.8) is 0 Å². The number of thioether (sulfide) groups is 1. The fraction of sp³-hybridized carbons (Fsp3) is 0.438. The van der Waals surface area contributed by atoms with E-state index in [9.17, 15) is 4.79 Å². The first-order valence-electron chi connectivity index (χ1n) is 7.72. The van der Waals surface area contributed by atoms with Gasteiger partial charge < -0.3 is 0 Å². The van der Waals surface area contributed by atoms with Crippen LogP contribution in [0.1, 0.15) is 30.2 Å². The zero-order valence-corrected chi connectivity index (χ0v) is 14.9. The third kappa shape index (κ3) is 2.25. The number of hydrogen-bond donors (Lipinski definition) is 0. The summed E-state index contributed by atoms with van der Waals surface area (Å²) >= 11 is 3.15. The first-order chi connectivity index (χ1) is 11.1. The monoisotopic (exact) mass is 346 g/mol. The summed E-state index contributed by atoms with van der Waals surface area (Å²) in [7, 11) is 0. The summed E-state index contributed by atoms with van der Waals surface area (Å²) in [5, 5.41) is 6.05. The minimum atomic E-state index is 0.0294. The molecule has 1 aliphatic rings. The van der Waals surface area contributed by atoms with Crippen molar-refractivity contribution < 1.29 is 0 Å². The Hall–Kier alpha value is -1.60. The predicted molar refractivity (Wildman–Crippen MR) is 95.9 cm³/mol. The van der Waals surface area contributed by atoms with Crippen LogP contribution in [0.5, 0.6) is 0 Å². The average Bonchev–Trinajstić information content (AvgIpc) is 3.05. The van der Waals surface area contributed by atoms with Crippen LogP contribution < -0.4 is 5.56 Å². The number of allylic oxidation sites excluding steroid dienone is 1. The lowest BCUT2D eigenvalue weighted by atomic mass is 9.97. The van der Waals surface area contributed by atoms with Gasteiger partial charge in [-0.25, -0.2) is 14.1 Å². The molecule has 7 heteroatoms. The van der Waals surface area contributed by atoms with E-state index in [4.69, 9.17) is 4.98 Å². The molecule has 0 saturated heterocycles. The van der Waals surface area contributed by atoms with Gasteiger partial charge in [0.05, 0.1) is 11.9 Å². The van der Waals surface area contributed by atoms with E-state index in [-0.39, 0.29) is 5.56 Å². The summed E-state index contributed by atoms with van der Waals surface area (Å²) in [6.07, 6.45) is 6.37. The van der Waals surface area contributed by atoms with Crippen molar-refractivity contribution >= 4 is 39.1 Å². The Labute approximate surface area is 142 Å². The van der Waals surface area contributed by atoms with Crippen LogP contribution in [0.2, 0.25) is 0 Å². The molecule has 0 atom stereocenters. The molecule has 0 unspecified atom stereocenters. The van der Waals surface area contributed by atoms with E-state index >= 15 is 0 Å². The summed E-state index contributed by atoms with van der Waals surface area (Å²) in [6.45, 7) is 6.48. The predicted octanol–water partition coefficient (Wildman–Crippen LogP) is 3.28. The van der Waals surface area contributed by atoms with Gasteiger partial charge in [0, 0.05) is 4.88 Å². The molecule has 3 aromatic rings. The summed E-state index contributed by atoms with van der Waals surface area (Å²) < 4.78 is 3.45. The van der Waals surface area contributed by atoms with Gasteiger partial charge >= 0.3 is 0 Å². The van der Waals surface area contributed by atoms with E-state index in [2.05, 4.69) is 11.7 Å². The molecule has 3 aromatic heterocycles.